The molecule has 1 atom stereocenters. The van der Waals surface area contributed by atoms with Crippen LogP contribution in [0.4, 0.5) is 0 Å². The zero-order chi connectivity index (χ0) is 9.68. The lowest BCUT2D eigenvalue weighted by Crippen LogP contribution is -2.20. The van der Waals surface area contributed by atoms with E-state index in [2.05, 4.69) is 13.2 Å². The highest BCUT2D eigenvalue weighted by atomic mass is 16.1. The molecule has 0 bridgehead atoms. The van der Waals surface area contributed by atoms with Crippen LogP contribution in [0.3, 0.4) is 0 Å². The predicted molar refractivity (Wildman–Crippen MR) is 55.4 cm³/mol. The number of carbonyl (C=O) groups excluding carboxylic acids is 1. The summed E-state index contributed by atoms with van der Waals surface area (Å²) in [6.45, 7) is 7.35. The summed E-state index contributed by atoms with van der Waals surface area (Å²) >= 11 is 0. The van der Waals surface area contributed by atoms with E-state index in [1.807, 2.05) is 6.08 Å². The van der Waals surface area contributed by atoms with Gasteiger partial charge >= 0.3 is 0 Å². The van der Waals surface area contributed by atoms with Gasteiger partial charge in [0, 0.05) is 12.3 Å². The Morgan fingerprint density at radius 2 is 2.15 bits per heavy atom. The van der Waals surface area contributed by atoms with E-state index in [0.29, 0.717) is 5.78 Å². The van der Waals surface area contributed by atoms with E-state index in [1.54, 1.807) is 12.2 Å². The third-order valence-corrected chi connectivity index (χ3v) is 2.50. The highest BCUT2D eigenvalue weighted by Gasteiger charge is 2.23. The van der Waals surface area contributed by atoms with Gasteiger partial charge in [0.05, 0.1) is 0 Å². The summed E-state index contributed by atoms with van der Waals surface area (Å²) in [7, 11) is 0. The van der Waals surface area contributed by atoms with Crippen LogP contribution in [0.25, 0.3) is 0 Å². The van der Waals surface area contributed by atoms with Crippen molar-refractivity contribution in [2.24, 2.45) is 5.92 Å². The molecule has 0 aromatic heterocycles. The van der Waals surface area contributed by atoms with Gasteiger partial charge in [-0.15, -0.1) is 0 Å². The Morgan fingerprint density at radius 1 is 1.38 bits per heavy atom. The average molecular weight is 176 g/mol. The molecule has 70 valence electrons. The normalized spacial score (nSPS) is 24.2. The number of hydrogen-bond donors (Lipinski definition) is 0. The molecular formula is C12H16O. The molecule has 1 aliphatic carbocycles. The maximum Gasteiger partial charge on any atom is 0.140 e. The lowest BCUT2D eigenvalue weighted by atomic mass is 9.82. The molecule has 0 aliphatic heterocycles. The Balaban J connectivity index is 2.77. The molecule has 13 heavy (non-hydrogen) atoms. The maximum atomic E-state index is 11.5. The van der Waals surface area contributed by atoms with Crippen LogP contribution in [0, 0.1) is 5.92 Å². The molecule has 0 spiro atoms. The summed E-state index contributed by atoms with van der Waals surface area (Å²) in [6, 6.07) is 0. The molecule has 0 saturated heterocycles. The number of ketones is 1. The minimum absolute atomic E-state index is 0.0873. The fourth-order valence-corrected chi connectivity index (χ4v) is 1.80. The molecule has 1 nitrogen and oxygen atoms in total. The van der Waals surface area contributed by atoms with E-state index in [9.17, 15) is 4.79 Å². The van der Waals surface area contributed by atoms with Crippen molar-refractivity contribution < 1.29 is 4.79 Å². The zero-order valence-corrected chi connectivity index (χ0v) is 7.96. The second-order valence-electron chi connectivity index (χ2n) is 3.37. The van der Waals surface area contributed by atoms with E-state index in [-0.39, 0.29) is 5.92 Å². The molecule has 0 aromatic carbocycles. The first-order chi connectivity index (χ1) is 6.29. The van der Waals surface area contributed by atoms with Gasteiger partial charge in [0.2, 0.25) is 0 Å². The Bertz CT molecular complexity index is 248. The van der Waals surface area contributed by atoms with Crippen LogP contribution in [-0.4, -0.2) is 5.78 Å². The summed E-state index contributed by atoms with van der Waals surface area (Å²) in [5.41, 5.74) is 1.03. The van der Waals surface area contributed by atoms with Crippen molar-refractivity contribution >= 4 is 5.78 Å². The molecule has 1 fully saturated rings. The monoisotopic (exact) mass is 176 g/mol. The number of Topliss-reactive ketones (excluding diaryl/α,β-unsaturated/α-hetero) is 1. The highest BCUT2D eigenvalue weighted by molar-refractivity contribution is 5.85. The van der Waals surface area contributed by atoms with Crippen molar-refractivity contribution in [1.82, 2.24) is 0 Å². The maximum absolute atomic E-state index is 11.5. The van der Waals surface area contributed by atoms with Crippen LogP contribution in [0.15, 0.2) is 37.0 Å². The summed E-state index contributed by atoms with van der Waals surface area (Å²) in [5.74, 6) is 0.448. The molecule has 0 amide bonds. The van der Waals surface area contributed by atoms with Crippen LogP contribution >= 0.6 is 0 Å². The van der Waals surface area contributed by atoms with Gasteiger partial charge in [0.15, 0.2) is 0 Å². The van der Waals surface area contributed by atoms with Gasteiger partial charge in [-0.2, -0.15) is 0 Å². The summed E-state index contributed by atoms with van der Waals surface area (Å²) in [5, 5.41) is 0. The standard InChI is InChI=1S/C12H16O/c1-3-7-10(4-2)11-8-5-6-9-12(11)13/h3-4,7,11H,1-2,5-6,8-9H2/b10-7+. The quantitative estimate of drug-likeness (QED) is 0.604. The lowest BCUT2D eigenvalue weighted by Gasteiger charge is -2.21. The number of rotatable bonds is 3. The van der Waals surface area contributed by atoms with Crippen molar-refractivity contribution in [2.75, 3.05) is 0 Å². The Morgan fingerprint density at radius 3 is 2.69 bits per heavy atom. The van der Waals surface area contributed by atoms with Gasteiger partial charge < -0.3 is 0 Å². The third kappa shape index (κ3) is 2.41. The molecule has 0 N–H and O–H groups in total. The number of carbonyl (C=O) groups is 1. The van der Waals surface area contributed by atoms with Gasteiger partial charge in [0.25, 0.3) is 0 Å². The third-order valence-electron chi connectivity index (χ3n) is 2.50. The first-order valence-electron chi connectivity index (χ1n) is 4.77. The van der Waals surface area contributed by atoms with Gasteiger partial charge in [-0.1, -0.05) is 37.8 Å². The predicted octanol–water partition coefficient (Wildman–Crippen LogP) is 3.04. The lowest BCUT2D eigenvalue weighted by molar-refractivity contribution is -0.123. The summed E-state index contributed by atoms with van der Waals surface area (Å²) in [6.07, 6.45) is 9.29. The van der Waals surface area contributed by atoms with E-state index in [0.717, 1.165) is 31.3 Å². The molecule has 0 aromatic rings. The van der Waals surface area contributed by atoms with Crippen molar-refractivity contribution in [3.63, 3.8) is 0 Å². The smallest absolute Gasteiger partial charge is 0.140 e. The SMILES string of the molecule is C=C/C=C(\C=C)C1CCCCC1=O. The van der Waals surface area contributed by atoms with Gasteiger partial charge in [-0.3, -0.25) is 4.79 Å². The molecule has 1 rings (SSSR count). The first-order valence-corrected chi connectivity index (χ1v) is 4.77. The molecule has 1 heteroatoms. The minimum Gasteiger partial charge on any atom is -0.299 e. The van der Waals surface area contributed by atoms with E-state index in [4.69, 9.17) is 0 Å². The highest BCUT2D eigenvalue weighted by Crippen LogP contribution is 2.27. The van der Waals surface area contributed by atoms with Gasteiger partial charge in [-0.25, -0.2) is 0 Å². The number of allylic oxidation sites excluding steroid dienone is 4. The number of hydrogen-bond acceptors (Lipinski definition) is 1. The Kier molecular flexibility index (Phi) is 3.69. The fourth-order valence-electron chi connectivity index (χ4n) is 1.80. The van der Waals surface area contributed by atoms with Gasteiger partial charge in [0.1, 0.15) is 5.78 Å². The van der Waals surface area contributed by atoms with Crippen LogP contribution < -0.4 is 0 Å². The molecular weight excluding hydrogens is 160 g/mol. The van der Waals surface area contributed by atoms with Crippen LogP contribution in [0.5, 0.6) is 0 Å². The van der Waals surface area contributed by atoms with Crippen LogP contribution in [0.2, 0.25) is 0 Å². The van der Waals surface area contributed by atoms with E-state index < -0.39 is 0 Å². The van der Waals surface area contributed by atoms with Crippen molar-refractivity contribution in [3.05, 3.63) is 37.0 Å². The first kappa shape index (κ1) is 9.97. The zero-order valence-electron chi connectivity index (χ0n) is 7.96. The van der Waals surface area contributed by atoms with Crippen LogP contribution in [0.1, 0.15) is 25.7 Å². The second kappa shape index (κ2) is 4.80. The topological polar surface area (TPSA) is 17.1 Å². The molecule has 1 saturated carbocycles. The molecule has 0 radical (unpaired) electrons. The molecule has 1 unspecified atom stereocenters. The minimum atomic E-state index is 0.0873. The van der Waals surface area contributed by atoms with E-state index >= 15 is 0 Å². The molecule has 1 aliphatic rings. The van der Waals surface area contributed by atoms with Crippen molar-refractivity contribution in [2.45, 2.75) is 25.7 Å². The van der Waals surface area contributed by atoms with E-state index in [1.165, 1.54) is 0 Å². The summed E-state index contributed by atoms with van der Waals surface area (Å²) in [4.78, 5) is 11.5. The average Bonchev–Trinajstić information content (AvgIpc) is 2.16. The van der Waals surface area contributed by atoms with Gasteiger partial charge in [-0.05, 0) is 18.4 Å². The molecule has 0 heterocycles. The van der Waals surface area contributed by atoms with Crippen molar-refractivity contribution in [1.29, 1.82) is 0 Å². The Labute approximate surface area is 79.8 Å². The summed E-state index contributed by atoms with van der Waals surface area (Å²) < 4.78 is 0. The van der Waals surface area contributed by atoms with Crippen molar-refractivity contribution in [3.8, 4) is 0 Å². The Hall–Kier alpha value is -1.11. The fraction of sp³-hybridized carbons (Fsp3) is 0.417. The van der Waals surface area contributed by atoms with Crippen LogP contribution in [-0.2, 0) is 4.79 Å². The second-order valence-corrected chi connectivity index (χ2v) is 3.37. The largest absolute Gasteiger partial charge is 0.299 e.